The number of methoxy groups -OCH3 is 2. The Kier molecular flexibility index (Phi) is 4.24. The summed E-state index contributed by atoms with van der Waals surface area (Å²) in [5.41, 5.74) is 0.977. The molecule has 1 aliphatic rings. The van der Waals surface area contributed by atoms with Gasteiger partial charge in [-0.05, 0) is 42.6 Å². The fourth-order valence-corrected chi connectivity index (χ4v) is 3.31. The van der Waals surface area contributed by atoms with Gasteiger partial charge in [0, 0.05) is 12.1 Å². The molecule has 116 valence electrons. The van der Waals surface area contributed by atoms with Crippen molar-refractivity contribution in [3.05, 3.63) is 34.8 Å². The summed E-state index contributed by atoms with van der Waals surface area (Å²) in [6, 6.07) is 5.67. The van der Waals surface area contributed by atoms with E-state index in [9.17, 15) is 4.79 Å². The Labute approximate surface area is 132 Å². The first-order valence-electron chi connectivity index (χ1n) is 7.05. The lowest BCUT2D eigenvalue weighted by Gasteiger charge is -2.26. The third kappa shape index (κ3) is 2.64. The van der Waals surface area contributed by atoms with E-state index in [1.165, 1.54) is 6.20 Å². The Morgan fingerprint density at radius 1 is 1.36 bits per heavy atom. The molecule has 0 bridgehead atoms. The second-order valence-electron chi connectivity index (χ2n) is 5.05. The molecule has 0 saturated carbocycles. The maximum atomic E-state index is 12.6. The Hall–Kier alpha value is -2.15. The van der Waals surface area contributed by atoms with Crippen molar-refractivity contribution in [2.45, 2.75) is 18.9 Å². The summed E-state index contributed by atoms with van der Waals surface area (Å²) in [7, 11) is 3.27. The smallest absolute Gasteiger partial charge is 0.267 e. The fourth-order valence-electron chi connectivity index (χ4n) is 2.84. The molecule has 1 aromatic carbocycles. The highest BCUT2D eigenvalue weighted by Crippen LogP contribution is 2.39. The van der Waals surface area contributed by atoms with E-state index >= 15 is 0 Å². The van der Waals surface area contributed by atoms with E-state index in [2.05, 4.69) is 9.59 Å². The maximum absolute atomic E-state index is 12.6. The normalized spacial score (nSPS) is 17.5. The third-order valence-electron chi connectivity index (χ3n) is 3.88. The number of aromatic nitrogens is 2. The lowest BCUT2D eigenvalue weighted by molar-refractivity contribution is 0.0738. The van der Waals surface area contributed by atoms with Crippen LogP contribution in [0, 0.1) is 0 Å². The number of nitrogens with zero attached hydrogens (tertiary/aromatic N) is 3. The first kappa shape index (κ1) is 14.8. The maximum Gasteiger partial charge on any atom is 0.267 e. The highest BCUT2D eigenvalue weighted by atomic mass is 32.1. The molecule has 2 heterocycles. The van der Waals surface area contributed by atoms with Gasteiger partial charge < -0.3 is 14.4 Å². The summed E-state index contributed by atoms with van der Waals surface area (Å²) in [4.78, 5) is 15.1. The Morgan fingerprint density at radius 3 is 2.91 bits per heavy atom. The van der Waals surface area contributed by atoms with Crippen molar-refractivity contribution in [1.29, 1.82) is 0 Å². The van der Waals surface area contributed by atoms with Crippen molar-refractivity contribution in [3.63, 3.8) is 0 Å². The van der Waals surface area contributed by atoms with Crippen molar-refractivity contribution in [3.8, 4) is 11.5 Å². The minimum absolute atomic E-state index is 0.0142. The standard InChI is InChI=1S/C15H17N3O3S/c1-20-10-5-6-13(21-2)11(8-10)12-4-3-7-18(12)15(19)14-9-16-17-22-14/h5-6,8-9,12H,3-4,7H2,1-2H3/t12-/m1/s1. The molecule has 2 aromatic rings. The highest BCUT2D eigenvalue weighted by Gasteiger charge is 2.33. The van der Waals surface area contributed by atoms with Crippen LogP contribution in [-0.2, 0) is 0 Å². The van der Waals surface area contributed by atoms with Crippen LogP contribution in [0.5, 0.6) is 11.5 Å². The summed E-state index contributed by atoms with van der Waals surface area (Å²) in [6.07, 6.45) is 3.38. The van der Waals surface area contributed by atoms with Crippen LogP contribution in [0.4, 0.5) is 0 Å². The lowest BCUT2D eigenvalue weighted by atomic mass is 10.0. The van der Waals surface area contributed by atoms with Gasteiger partial charge in [0.05, 0.1) is 26.5 Å². The van der Waals surface area contributed by atoms with Gasteiger partial charge in [-0.25, -0.2) is 0 Å². The Morgan fingerprint density at radius 2 is 2.23 bits per heavy atom. The summed E-state index contributed by atoms with van der Waals surface area (Å²) in [6.45, 7) is 0.724. The number of carbonyl (C=O) groups is 1. The monoisotopic (exact) mass is 319 g/mol. The molecule has 1 fully saturated rings. The van der Waals surface area contributed by atoms with E-state index in [4.69, 9.17) is 9.47 Å². The molecule has 6 nitrogen and oxygen atoms in total. The first-order valence-corrected chi connectivity index (χ1v) is 7.82. The van der Waals surface area contributed by atoms with Crippen LogP contribution in [0.1, 0.15) is 34.1 Å². The number of rotatable bonds is 4. The van der Waals surface area contributed by atoms with E-state index < -0.39 is 0 Å². The lowest BCUT2D eigenvalue weighted by Crippen LogP contribution is -2.30. The van der Waals surface area contributed by atoms with Gasteiger partial charge in [0.2, 0.25) is 0 Å². The van der Waals surface area contributed by atoms with Crippen LogP contribution in [-0.4, -0.2) is 41.2 Å². The van der Waals surface area contributed by atoms with Gasteiger partial charge in [-0.2, -0.15) is 0 Å². The number of ether oxygens (including phenoxy) is 2. The Balaban J connectivity index is 1.94. The van der Waals surface area contributed by atoms with Crippen molar-refractivity contribution in [1.82, 2.24) is 14.5 Å². The molecule has 1 aliphatic heterocycles. The van der Waals surface area contributed by atoms with Crippen LogP contribution < -0.4 is 9.47 Å². The second kappa shape index (κ2) is 6.31. The number of amides is 1. The predicted molar refractivity (Wildman–Crippen MR) is 82.5 cm³/mol. The summed E-state index contributed by atoms with van der Waals surface area (Å²) in [5, 5.41) is 3.75. The zero-order chi connectivity index (χ0) is 15.5. The van der Waals surface area contributed by atoms with E-state index in [0.29, 0.717) is 4.88 Å². The van der Waals surface area contributed by atoms with Crippen molar-refractivity contribution in [2.24, 2.45) is 0 Å². The molecule has 1 saturated heterocycles. The van der Waals surface area contributed by atoms with Crippen LogP contribution >= 0.6 is 11.5 Å². The van der Waals surface area contributed by atoms with Gasteiger partial charge in [0.25, 0.3) is 5.91 Å². The van der Waals surface area contributed by atoms with E-state index in [1.807, 2.05) is 23.1 Å². The molecular weight excluding hydrogens is 302 g/mol. The summed E-state index contributed by atoms with van der Waals surface area (Å²) in [5.74, 6) is 1.50. The number of likely N-dealkylation sites (tertiary alicyclic amines) is 1. The molecule has 22 heavy (non-hydrogen) atoms. The average molecular weight is 319 g/mol. The van der Waals surface area contributed by atoms with Crippen LogP contribution in [0.25, 0.3) is 0 Å². The number of hydrogen-bond donors (Lipinski definition) is 0. The van der Waals surface area contributed by atoms with Gasteiger partial charge in [-0.15, -0.1) is 5.10 Å². The molecule has 0 radical (unpaired) electrons. The summed E-state index contributed by atoms with van der Waals surface area (Å²) < 4.78 is 14.5. The van der Waals surface area contributed by atoms with Crippen molar-refractivity contribution >= 4 is 17.4 Å². The number of carbonyl (C=O) groups excluding carboxylic acids is 1. The van der Waals surface area contributed by atoms with Gasteiger partial charge in [0.15, 0.2) is 0 Å². The molecule has 1 amide bonds. The van der Waals surface area contributed by atoms with Crippen LogP contribution in [0.15, 0.2) is 24.4 Å². The van der Waals surface area contributed by atoms with Gasteiger partial charge >= 0.3 is 0 Å². The predicted octanol–water partition coefficient (Wildman–Crippen LogP) is 2.53. The van der Waals surface area contributed by atoms with Crippen LogP contribution in [0.3, 0.4) is 0 Å². The second-order valence-corrected chi connectivity index (χ2v) is 5.83. The molecular formula is C15H17N3O3S. The topological polar surface area (TPSA) is 64.6 Å². The molecule has 0 N–H and O–H groups in total. The van der Waals surface area contributed by atoms with Gasteiger partial charge in [-0.1, -0.05) is 4.49 Å². The number of benzene rings is 1. The molecule has 1 atom stereocenters. The van der Waals surface area contributed by atoms with Crippen molar-refractivity contribution < 1.29 is 14.3 Å². The quantitative estimate of drug-likeness (QED) is 0.866. The summed E-state index contributed by atoms with van der Waals surface area (Å²) >= 11 is 1.12. The Bertz CT molecular complexity index is 660. The van der Waals surface area contributed by atoms with Crippen molar-refractivity contribution in [2.75, 3.05) is 20.8 Å². The molecule has 1 aromatic heterocycles. The number of hydrogen-bond acceptors (Lipinski definition) is 6. The van der Waals surface area contributed by atoms with Gasteiger partial charge in [0.1, 0.15) is 16.4 Å². The zero-order valence-electron chi connectivity index (χ0n) is 12.5. The van der Waals surface area contributed by atoms with Gasteiger partial charge in [-0.3, -0.25) is 4.79 Å². The molecule has 3 rings (SSSR count). The zero-order valence-corrected chi connectivity index (χ0v) is 13.3. The van der Waals surface area contributed by atoms with Crippen LogP contribution in [0.2, 0.25) is 0 Å². The third-order valence-corrected chi connectivity index (χ3v) is 4.53. The SMILES string of the molecule is COc1ccc(OC)c([C@H]2CCCN2C(=O)c2cnns2)c1. The molecule has 7 heteroatoms. The highest BCUT2D eigenvalue weighted by molar-refractivity contribution is 7.07. The van der Waals surface area contributed by atoms with E-state index in [0.717, 1.165) is 48.0 Å². The average Bonchev–Trinajstić information content (AvgIpc) is 3.24. The first-order chi connectivity index (χ1) is 10.7. The van der Waals surface area contributed by atoms with E-state index in [1.54, 1.807) is 14.2 Å². The molecule has 0 spiro atoms. The fraction of sp³-hybridized carbons (Fsp3) is 0.400. The minimum atomic E-state index is -0.0256. The largest absolute Gasteiger partial charge is 0.497 e. The molecule has 0 aliphatic carbocycles. The molecule has 0 unspecified atom stereocenters. The van der Waals surface area contributed by atoms with E-state index in [-0.39, 0.29) is 11.9 Å². The minimum Gasteiger partial charge on any atom is -0.497 e.